The molecule has 0 aromatic heterocycles. The van der Waals surface area contributed by atoms with Crippen LogP contribution in [0, 0.1) is 0 Å². The van der Waals surface area contributed by atoms with E-state index in [-0.39, 0.29) is 24.0 Å². The molecular weight excluding hydrogens is 503 g/mol. The summed E-state index contributed by atoms with van der Waals surface area (Å²) in [4.78, 5) is 4.87. The average molecular weight is 532 g/mol. The highest BCUT2D eigenvalue weighted by Gasteiger charge is 2.20. The first-order chi connectivity index (χ1) is 13.4. The summed E-state index contributed by atoms with van der Waals surface area (Å²) in [5.41, 5.74) is 1.74. The van der Waals surface area contributed by atoms with Gasteiger partial charge in [-0.1, -0.05) is 30.3 Å². The number of methoxy groups -OCH3 is 1. The van der Waals surface area contributed by atoms with Crippen molar-refractivity contribution < 1.29 is 13.2 Å². The van der Waals surface area contributed by atoms with Crippen molar-refractivity contribution >= 4 is 40.0 Å². The number of guanidine groups is 1. The van der Waals surface area contributed by atoms with Crippen molar-refractivity contribution in [3.8, 4) is 5.75 Å². The number of halogens is 1. The van der Waals surface area contributed by atoms with Crippen molar-refractivity contribution in [1.82, 2.24) is 14.9 Å². The van der Waals surface area contributed by atoms with Crippen LogP contribution in [-0.2, 0) is 23.1 Å². The Morgan fingerprint density at radius 3 is 2.31 bits per heavy atom. The molecule has 0 amide bonds. The molecule has 0 unspecified atom stereocenters. The topological polar surface area (TPSA) is 83.0 Å². The van der Waals surface area contributed by atoms with Gasteiger partial charge < -0.3 is 15.4 Å². The van der Waals surface area contributed by atoms with Crippen LogP contribution in [0.25, 0.3) is 0 Å². The normalized spacial score (nSPS) is 11.7. The van der Waals surface area contributed by atoms with Crippen LogP contribution in [0.2, 0.25) is 0 Å². The van der Waals surface area contributed by atoms with E-state index in [0.717, 1.165) is 11.3 Å². The number of aliphatic imine (C=N–C) groups is 1. The van der Waals surface area contributed by atoms with Gasteiger partial charge in [-0.25, -0.2) is 17.7 Å². The predicted molar refractivity (Wildman–Crippen MR) is 127 cm³/mol. The molecule has 0 aliphatic carbocycles. The predicted octanol–water partition coefficient (Wildman–Crippen LogP) is 2.82. The Labute approximate surface area is 190 Å². The van der Waals surface area contributed by atoms with E-state index in [9.17, 15) is 8.42 Å². The third-order valence-electron chi connectivity index (χ3n) is 4.10. The molecule has 9 heteroatoms. The van der Waals surface area contributed by atoms with E-state index in [1.165, 1.54) is 18.4 Å². The number of hydrogen-bond acceptors (Lipinski definition) is 4. The van der Waals surface area contributed by atoms with Crippen LogP contribution in [-0.4, -0.2) is 46.4 Å². The van der Waals surface area contributed by atoms with Crippen molar-refractivity contribution in [3.63, 3.8) is 0 Å². The van der Waals surface area contributed by atoms with Crippen molar-refractivity contribution in [1.29, 1.82) is 0 Å². The minimum Gasteiger partial charge on any atom is -0.497 e. The molecule has 2 aromatic carbocycles. The molecule has 0 aliphatic rings. The highest BCUT2D eigenvalue weighted by atomic mass is 127. The van der Waals surface area contributed by atoms with Crippen molar-refractivity contribution in [3.05, 3.63) is 59.7 Å². The maximum absolute atomic E-state index is 12.5. The summed E-state index contributed by atoms with van der Waals surface area (Å²) in [6.07, 6.45) is 0. The van der Waals surface area contributed by atoms with E-state index < -0.39 is 10.0 Å². The maximum atomic E-state index is 12.5. The minimum absolute atomic E-state index is 0. The summed E-state index contributed by atoms with van der Waals surface area (Å²) in [5.74, 6) is 1.42. The van der Waals surface area contributed by atoms with Gasteiger partial charge in [-0.15, -0.1) is 24.0 Å². The molecule has 29 heavy (non-hydrogen) atoms. The third-order valence-corrected chi connectivity index (χ3v) is 6.02. The van der Waals surface area contributed by atoms with Crippen LogP contribution >= 0.6 is 24.0 Å². The molecule has 0 heterocycles. The van der Waals surface area contributed by atoms with Gasteiger partial charge in [0.1, 0.15) is 5.75 Å². The Hall–Kier alpha value is -1.85. The molecule has 0 spiro atoms. The number of rotatable bonds is 8. The van der Waals surface area contributed by atoms with Crippen LogP contribution < -0.4 is 15.4 Å². The first-order valence-corrected chi connectivity index (χ1v) is 10.5. The Morgan fingerprint density at radius 1 is 1.07 bits per heavy atom. The van der Waals surface area contributed by atoms with E-state index >= 15 is 0 Å². The fourth-order valence-electron chi connectivity index (χ4n) is 2.52. The SMILES string of the molecule is CCNC(=NCc1ccc(OC)cc1)NCc1ccccc1S(=O)(=O)N(C)C.I. The Morgan fingerprint density at radius 2 is 1.72 bits per heavy atom. The lowest BCUT2D eigenvalue weighted by Gasteiger charge is -2.17. The fraction of sp³-hybridized carbons (Fsp3) is 0.350. The van der Waals surface area contributed by atoms with E-state index in [4.69, 9.17) is 4.74 Å². The van der Waals surface area contributed by atoms with Crippen molar-refractivity contribution in [2.45, 2.75) is 24.9 Å². The van der Waals surface area contributed by atoms with Crippen LogP contribution in [0.5, 0.6) is 5.75 Å². The van der Waals surface area contributed by atoms with Gasteiger partial charge in [-0.3, -0.25) is 0 Å². The van der Waals surface area contributed by atoms with Gasteiger partial charge in [0.25, 0.3) is 0 Å². The molecular formula is C20H29IN4O3S. The number of nitrogens with zero attached hydrogens (tertiary/aromatic N) is 2. The second-order valence-corrected chi connectivity index (χ2v) is 8.41. The van der Waals surface area contributed by atoms with E-state index in [1.54, 1.807) is 25.3 Å². The van der Waals surface area contributed by atoms with Crippen LogP contribution in [0.1, 0.15) is 18.1 Å². The lowest BCUT2D eigenvalue weighted by molar-refractivity contribution is 0.414. The third kappa shape index (κ3) is 7.16. The largest absolute Gasteiger partial charge is 0.497 e. The summed E-state index contributed by atoms with van der Waals surface area (Å²) in [5, 5.41) is 6.39. The molecule has 7 nitrogen and oxygen atoms in total. The molecule has 2 rings (SSSR count). The number of nitrogens with one attached hydrogen (secondary N) is 2. The summed E-state index contributed by atoms with van der Waals surface area (Å²) < 4.78 is 31.4. The monoisotopic (exact) mass is 532 g/mol. The molecule has 2 aromatic rings. The highest BCUT2D eigenvalue weighted by Crippen LogP contribution is 2.18. The summed E-state index contributed by atoms with van der Waals surface area (Å²) >= 11 is 0. The molecule has 0 atom stereocenters. The van der Waals surface area contributed by atoms with Gasteiger partial charge in [0, 0.05) is 27.2 Å². The Bertz CT molecular complexity index is 900. The lowest BCUT2D eigenvalue weighted by Crippen LogP contribution is -2.37. The number of ether oxygens (including phenoxy) is 1. The van der Waals surface area contributed by atoms with Crippen LogP contribution in [0.4, 0.5) is 0 Å². The second-order valence-electron chi connectivity index (χ2n) is 6.29. The van der Waals surface area contributed by atoms with E-state index in [1.807, 2.05) is 37.3 Å². The molecule has 0 aliphatic heterocycles. The molecule has 160 valence electrons. The van der Waals surface area contributed by atoms with Gasteiger partial charge in [0.2, 0.25) is 10.0 Å². The minimum atomic E-state index is -3.51. The zero-order chi connectivity index (χ0) is 20.6. The second kappa shape index (κ2) is 12.0. The summed E-state index contributed by atoms with van der Waals surface area (Å²) in [6.45, 7) is 3.52. The molecule has 0 fully saturated rings. The zero-order valence-corrected chi connectivity index (χ0v) is 20.3. The van der Waals surface area contributed by atoms with Gasteiger partial charge in [-0.05, 0) is 36.2 Å². The number of sulfonamides is 1. The zero-order valence-electron chi connectivity index (χ0n) is 17.2. The fourth-order valence-corrected chi connectivity index (χ4v) is 3.64. The maximum Gasteiger partial charge on any atom is 0.242 e. The molecule has 0 bridgehead atoms. The first-order valence-electron chi connectivity index (χ1n) is 9.04. The van der Waals surface area contributed by atoms with E-state index in [0.29, 0.717) is 36.1 Å². The average Bonchev–Trinajstić information content (AvgIpc) is 2.70. The van der Waals surface area contributed by atoms with Crippen molar-refractivity contribution in [2.24, 2.45) is 4.99 Å². The quantitative estimate of drug-likeness (QED) is 0.311. The molecule has 2 N–H and O–H groups in total. The van der Waals surface area contributed by atoms with Crippen LogP contribution in [0.3, 0.4) is 0 Å². The van der Waals surface area contributed by atoms with Gasteiger partial charge in [-0.2, -0.15) is 0 Å². The van der Waals surface area contributed by atoms with Crippen molar-refractivity contribution in [2.75, 3.05) is 27.7 Å². The molecule has 0 saturated heterocycles. The molecule has 0 radical (unpaired) electrons. The molecule has 0 saturated carbocycles. The number of hydrogen-bond donors (Lipinski definition) is 2. The van der Waals surface area contributed by atoms with Gasteiger partial charge in [0.05, 0.1) is 18.6 Å². The summed E-state index contributed by atoms with van der Waals surface area (Å²) in [7, 11) is 1.18. The van der Waals surface area contributed by atoms with Gasteiger partial charge >= 0.3 is 0 Å². The number of benzene rings is 2. The summed E-state index contributed by atoms with van der Waals surface area (Å²) in [6, 6.07) is 14.7. The van der Waals surface area contributed by atoms with Gasteiger partial charge in [0.15, 0.2) is 5.96 Å². The standard InChI is InChI=1S/C20H28N4O3S.HI/c1-5-21-20(22-14-16-10-12-18(27-4)13-11-16)23-15-17-8-6-7-9-19(17)28(25,26)24(2)3;/h6-13H,5,14-15H2,1-4H3,(H2,21,22,23);1H. The highest BCUT2D eigenvalue weighted by molar-refractivity contribution is 14.0. The smallest absolute Gasteiger partial charge is 0.242 e. The first kappa shape index (κ1) is 25.2. The Kier molecular flexibility index (Phi) is 10.4. The van der Waals surface area contributed by atoms with E-state index in [2.05, 4.69) is 15.6 Å². The lowest BCUT2D eigenvalue weighted by atomic mass is 10.2. The Balaban J connectivity index is 0.00000420. The van der Waals surface area contributed by atoms with Crippen LogP contribution in [0.15, 0.2) is 58.4 Å².